The second-order valence-electron chi connectivity index (χ2n) is 11.9. The lowest BCUT2D eigenvalue weighted by atomic mass is 10.0. The molecule has 4 aromatic carbocycles. The molecule has 4 aromatic rings. The topological polar surface area (TPSA) is 86.8 Å². The minimum absolute atomic E-state index is 0.0448. The van der Waals surface area contributed by atoms with Crippen LogP contribution in [-0.4, -0.2) is 43.3 Å². The minimum Gasteiger partial charge on any atom is -0.350 e. The number of carbonyl (C=O) groups is 2. The van der Waals surface area contributed by atoms with Crippen molar-refractivity contribution in [2.75, 3.05) is 10.8 Å². The number of benzene rings is 4. The highest BCUT2D eigenvalue weighted by atomic mass is 35.5. The van der Waals surface area contributed by atoms with E-state index in [1.807, 2.05) is 58.0 Å². The van der Waals surface area contributed by atoms with E-state index in [0.717, 1.165) is 15.4 Å². The number of amides is 2. The maximum Gasteiger partial charge on any atom is 0.264 e. The number of sulfonamides is 1. The average molecular weight is 667 g/mol. The largest absolute Gasteiger partial charge is 0.350 e. The van der Waals surface area contributed by atoms with E-state index in [1.54, 1.807) is 60.7 Å². The number of carbonyl (C=O) groups excluding carboxylic acids is 2. The van der Waals surface area contributed by atoms with Gasteiger partial charge in [-0.25, -0.2) is 8.42 Å². The number of aryl methyl sites for hydroxylation is 1. The molecule has 7 nitrogen and oxygen atoms in total. The summed E-state index contributed by atoms with van der Waals surface area (Å²) >= 11 is 12.7. The van der Waals surface area contributed by atoms with Crippen molar-refractivity contribution in [1.29, 1.82) is 0 Å². The Balaban J connectivity index is 1.82. The average Bonchev–Trinajstić information content (AvgIpc) is 2.98. The number of halogens is 2. The van der Waals surface area contributed by atoms with Gasteiger partial charge < -0.3 is 10.2 Å². The fourth-order valence-electron chi connectivity index (χ4n) is 4.80. The van der Waals surface area contributed by atoms with Crippen LogP contribution >= 0.6 is 23.2 Å². The molecule has 0 unspecified atom stereocenters. The molecule has 4 rings (SSSR count). The highest BCUT2D eigenvalue weighted by Gasteiger charge is 2.35. The molecule has 0 aromatic heterocycles. The lowest BCUT2D eigenvalue weighted by Gasteiger charge is -2.35. The SMILES string of the molecule is Cc1ccc(S(=O)(=O)N(CC(=O)N(Cc2ccc(Cl)cc2Cl)[C@H](Cc2ccccc2)C(=O)NC(C)(C)C)c2ccccc2)cc1. The maximum atomic E-state index is 14.5. The summed E-state index contributed by atoms with van der Waals surface area (Å²) in [6.07, 6.45) is 0.190. The van der Waals surface area contributed by atoms with Gasteiger partial charge in [0.15, 0.2) is 0 Å². The third-order valence-electron chi connectivity index (χ3n) is 7.06. The van der Waals surface area contributed by atoms with Gasteiger partial charge in [-0.3, -0.25) is 13.9 Å². The first-order valence-electron chi connectivity index (χ1n) is 14.5. The molecule has 10 heteroatoms. The molecular formula is C35H37Cl2N3O4S. The van der Waals surface area contributed by atoms with Crippen molar-refractivity contribution in [3.8, 4) is 0 Å². The Morgan fingerprint density at radius 1 is 0.844 bits per heavy atom. The van der Waals surface area contributed by atoms with Crippen LogP contribution in [0.1, 0.15) is 37.5 Å². The van der Waals surface area contributed by atoms with E-state index < -0.39 is 34.1 Å². The van der Waals surface area contributed by atoms with Crippen LogP contribution in [0.25, 0.3) is 0 Å². The summed E-state index contributed by atoms with van der Waals surface area (Å²) in [5.41, 5.74) is 2.01. The maximum absolute atomic E-state index is 14.5. The fourth-order valence-corrected chi connectivity index (χ4v) is 6.68. The number of hydrogen-bond acceptors (Lipinski definition) is 4. The quantitative estimate of drug-likeness (QED) is 0.186. The first kappa shape index (κ1) is 34.0. The van der Waals surface area contributed by atoms with Crippen LogP contribution in [0.4, 0.5) is 5.69 Å². The van der Waals surface area contributed by atoms with Gasteiger partial charge in [-0.15, -0.1) is 0 Å². The summed E-state index contributed by atoms with van der Waals surface area (Å²) in [6, 6.07) is 28.2. The van der Waals surface area contributed by atoms with E-state index in [2.05, 4.69) is 5.32 Å². The van der Waals surface area contributed by atoms with Gasteiger partial charge in [0.2, 0.25) is 11.8 Å². The molecule has 0 aliphatic rings. The lowest BCUT2D eigenvalue weighted by molar-refractivity contribution is -0.140. The molecule has 0 aliphatic heterocycles. The molecule has 2 amide bonds. The highest BCUT2D eigenvalue weighted by Crippen LogP contribution is 2.27. The van der Waals surface area contributed by atoms with E-state index in [1.165, 1.54) is 17.0 Å². The number of rotatable bonds is 11. The second-order valence-corrected chi connectivity index (χ2v) is 14.6. The monoisotopic (exact) mass is 665 g/mol. The lowest BCUT2D eigenvalue weighted by Crippen LogP contribution is -2.56. The van der Waals surface area contributed by atoms with Gasteiger partial charge in [0.25, 0.3) is 10.0 Å². The van der Waals surface area contributed by atoms with Crippen LogP contribution in [0.15, 0.2) is 108 Å². The van der Waals surface area contributed by atoms with Crippen molar-refractivity contribution in [3.63, 3.8) is 0 Å². The summed E-state index contributed by atoms with van der Waals surface area (Å²) < 4.78 is 29.2. The Bertz CT molecular complexity index is 1730. The predicted molar refractivity (Wildman–Crippen MR) is 181 cm³/mol. The smallest absolute Gasteiger partial charge is 0.264 e. The zero-order valence-corrected chi connectivity index (χ0v) is 28.0. The van der Waals surface area contributed by atoms with E-state index in [-0.39, 0.29) is 23.8 Å². The first-order chi connectivity index (χ1) is 21.2. The van der Waals surface area contributed by atoms with E-state index in [9.17, 15) is 18.0 Å². The minimum atomic E-state index is -4.18. The summed E-state index contributed by atoms with van der Waals surface area (Å²) in [5.74, 6) is -0.956. The number of anilines is 1. The molecule has 45 heavy (non-hydrogen) atoms. The van der Waals surface area contributed by atoms with Crippen LogP contribution in [0, 0.1) is 6.92 Å². The number of nitrogens with zero attached hydrogens (tertiary/aromatic N) is 2. The molecule has 0 saturated heterocycles. The molecule has 0 spiro atoms. The standard InChI is InChI=1S/C35H37Cl2N3O4S/c1-25-15-19-30(20-16-25)45(43,44)40(29-13-9-6-10-14-29)24-33(41)39(23-27-17-18-28(36)22-31(27)37)32(34(42)38-35(2,3)4)21-26-11-7-5-8-12-26/h5-20,22,32H,21,23-24H2,1-4H3,(H,38,42)/t32-/m1/s1. The molecule has 1 atom stereocenters. The Morgan fingerprint density at radius 2 is 1.44 bits per heavy atom. The van der Waals surface area contributed by atoms with Crippen molar-refractivity contribution < 1.29 is 18.0 Å². The third-order valence-corrected chi connectivity index (χ3v) is 9.43. The molecule has 236 valence electrons. The van der Waals surface area contributed by atoms with Crippen molar-refractivity contribution in [1.82, 2.24) is 10.2 Å². The van der Waals surface area contributed by atoms with Gasteiger partial charge in [0.05, 0.1) is 10.6 Å². The van der Waals surface area contributed by atoms with Crippen LogP contribution in [-0.2, 0) is 32.6 Å². The second kappa shape index (κ2) is 14.5. The fraction of sp³-hybridized carbons (Fsp3) is 0.257. The third kappa shape index (κ3) is 9.10. The van der Waals surface area contributed by atoms with Crippen LogP contribution in [0.5, 0.6) is 0 Å². The van der Waals surface area contributed by atoms with Gasteiger partial charge in [-0.1, -0.05) is 95.5 Å². The van der Waals surface area contributed by atoms with E-state index in [4.69, 9.17) is 23.2 Å². The zero-order chi connectivity index (χ0) is 32.8. The van der Waals surface area contributed by atoms with E-state index in [0.29, 0.717) is 21.3 Å². The Morgan fingerprint density at radius 3 is 2.02 bits per heavy atom. The summed E-state index contributed by atoms with van der Waals surface area (Å²) in [4.78, 5) is 29.9. The Hall–Kier alpha value is -3.85. The molecule has 1 N–H and O–H groups in total. The molecular weight excluding hydrogens is 629 g/mol. The summed E-state index contributed by atoms with van der Waals surface area (Å²) in [7, 11) is -4.18. The van der Waals surface area contributed by atoms with Crippen molar-refractivity contribution in [2.24, 2.45) is 0 Å². The molecule has 0 fully saturated rings. The molecule has 0 radical (unpaired) electrons. The van der Waals surface area contributed by atoms with Crippen molar-refractivity contribution in [2.45, 2.75) is 57.1 Å². The normalized spacial score (nSPS) is 12.3. The molecule has 0 aliphatic carbocycles. The van der Waals surface area contributed by atoms with Crippen molar-refractivity contribution in [3.05, 3.63) is 130 Å². The van der Waals surface area contributed by atoms with Gasteiger partial charge >= 0.3 is 0 Å². The highest BCUT2D eigenvalue weighted by molar-refractivity contribution is 7.92. The molecule has 0 saturated carbocycles. The molecule has 0 heterocycles. The zero-order valence-electron chi connectivity index (χ0n) is 25.7. The Labute approximate surface area is 275 Å². The number of nitrogens with one attached hydrogen (secondary N) is 1. The summed E-state index contributed by atoms with van der Waals surface area (Å²) in [6.45, 7) is 6.83. The number of para-hydroxylation sites is 1. The molecule has 0 bridgehead atoms. The van der Waals surface area contributed by atoms with Crippen molar-refractivity contribution >= 4 is 50.7 Å². The van der Waals surface area contributed by atoms with Crippen LogP contribution in [0.2, 0.25) is 10.0 Å². The number of hydrogen-bond donors (Lipinski definition) is 1. The van der Waals surface area contributed by atoms with Gasteiger partial charge in [0.1, 0.15) is 12.6 Å². The van der Waals surface area contributed by atoms with Gasteiger partial charge in [0, 0.05) is 28.5 Å². The predicted octanol–water partition coefficient (Wildman–Crippen LogP) is 7.05. The Kier molecular flexibility index (Phi) is 11.0. The van der Waals surface area contributed by atoms with Gasteiger partial charge in [-0.2, -0.15) is 0 Å². The van der Waals surface area contributed by atoms with E-state index >= 15 is 0 Å². The van der Waals surface area contributed by atoms with Crippen LogP contribution in [0.3, 0.4) is 0 Å². The summed E-state index contributed by atoms with van der Waals surface area (Å²) in [5, 5.41) is 3.76. The van der Waals surface area contributed by atoms with Gasteiger partial charge in [-0.05, 0) is 75.2 Å². The van der Waals surface area contributed by atoms with Crippen LogP contribution < -0.4 is 9.62 Å². The first-order valence-corrected chi connectivity index (χ1v) is 16.7.